The third-order valence-corrected chi connectivity index (χ3v) is 4.72. The lowest BCUT2D eigenvalue weighted by Crippen LogP contribution is -2.37. The van der Waals surface area contributed by atoms with E-state index in [0.29, 0.717) is 12.2 Å². The van der Waals surface area contributed by atoms with Crippen LogP contribution in [0.5, 0.6) is 11.5 Å². The lowest BCUT2D eigenvalue weighted by Gasteiger charge is -2.13. The molecule has 0 aliphatic carbocycles. The maximum atomic E-state index is 12.3. The van der Waals surface area contributed by atoms with Crippen LogP contribution >= 0.6 is 0 Å². The number of hydrogen-bond donors (Lipinski definition) is 3. The van der Waals surface area contributed by atoms with Crippen LogP contribution in [0.2, 0.25) is 0 Å². The minimum Gasteiger partial charge on any atom is -0.457 e. The number of rotatable bonds is 6. The van der Waals surface area contributed by atoms with Crippen LogP contribution in [-0.4, -0.2) is 21.9 Å². The highest BCUT2D eigenvalue weighted by atomic mass is 16.5. The highest BCUT2D eigenvalue weighted by Crippen LogP contribution is 2.30. The number of fused-ring (bicyclic) bond motifs is 1. The number of anilines is 1. The van der Waals surface area contributed by atoms with Gasteiger partial charge in [0.05, 0.1) is 11.4 Å². The van der Waals surface area contributed by atoms with Gasteiger partial charge in [-0.3, -0.25) is 4.79 Å². The molecule has 2 aromatic carbocycles. The number of H-pyrrole nitrogens is 1. The van der Waals surface area contributed by atoms with Crippen molar-refractivity contribution in [1.29, 1.82) is 0 Å². The molecule has 6 nitrogen and oxygen atoms in total. The van der Waals surface area contributed by atoms with E-state index < -0.39 is 6.04 Å². The van der Waals surface area contributed by atoms with E-state index in [-0.39, 0.29) is 5.91 Å². The van der Waals surface area contributed by atoms with Crippen LogP contribution < -0.4 is 15.8 Å². The second-order valence-corrected chi connectivity index (χ2v) is 6.92. The molecular formula is C23H22N4O2. The number of hydrogen-bond acceptors (Lipinski definition) is 4. The lowest BCUT2D eigenvalue weighted by molar-refractivity contribution is -0.117. The van der Waals surface area contributed by atoms with E-state index in [1.54, 1.807) is 6.20 Å². The summed E-state index contributed by atoms with van der Waals surface area (Å²) in [5.41, 5.74) is 9.65. The molecule has 0 aliphatic rings. The fraction of sp³-hybridized carbons (Fsp3) is 0.130. The maximum Gasteiger partial charge on any atom is 0.241 e. The Morgan fingerprint density at radius 1 is 1.14 bits per heavy atom. The molecule has 4 aromatic rings. The Morgan fingerprint density at radius 2 is 1.90 bits per heavy atom. The highest BCUT2D eigenvalue weighted by Gasteiger charge is 2.15. The Morgan fingerprint density at radius 3 is 2.66 bits per heavy atom. The molecule has 0 saturated carbocycles. The molecule has 1 amide bonds. The van der Waals surface area contributed by atoms with Crippen molar-refractivity contribution >= 4 is 22.6 Å². The Labute approximate surface area is 168 Å². The van der Waals surface area contributed by atoms with Crippen molar-refractivity contribution in [3.05, 3.63) is 84.2 Å². The smallest absolute Gasteiger partial charge is 0.241 e. The number of nitrogens with zero attached hydrogens (tertiary/aromatic N) is 1. The molecule has 0 radical (unpaired) electrons. The largest absolute Gasteiger partial charge is 0.457 e. The zero-order valence-electron chi connectivity index (χ0n) is 16.1. The Hall–Kier alpha value is -3.64. The number of ether oxygens (including phenoxy) is 1. The first kappa shape index (κ1) is 18.7. The van der Waals surface area contributed by atoms with E-state index >= 15 is 0 Å². The SMILES string of the molecule is Cc1c[nH]c2nccc(Oc3ccc(C[C@H](N)C(=O)Nc4ccccc4)cc3)c12. The number of aromatic amines is 1. The molecule has 4 rings (SSSR count). The zero-order chi connectivity index (χ0) is 20.2. The summed E-state index contributed by atoms with van der Waals surface area (Å²) in [6, 6.07) is 18.1. The fourth-order valence-electron chi connectivity index (χ4n) is 3.19. The molecule has 146 valence electrons. The summed E-state index contributed by atoms with van der Waals surface area (Å²) in [5, 5.41) is 3.80. The van der Waals surface area contributed by atoms with E-state index in [2.05, 4.69) is 15.3 Å². The van der Waals surface area contributed by atoms with Gasteiger partial charge in [0.2, 0.25) is 5.91 Å². The molecule has 4 N–H and O–H groups in total. The first-order valence-electron chi connectivity index (χ1n) is 9.41. The van der Waals surface area contributed by atoms with E-state index in [0.717, 1.165) is 33.6 Å². The quantitative estimate of drug-likeness (QED) is 0.464. The van der Waals surface area contributed by atoms with Crippen molar-refractivity contribution in [1.82, 2.24) is 9.97 Å². The van der Waals surface area contributed by atoms with Crippen molar-refractivity contribution in [3.63, 3.8) is 0 Å². The van der Waals surface area contributed by atoms with Crippen molar-refractivity contribution in [2.75, 3.05) is 5.32 Å². The molecule has 0 bridgehead atoms. The molecular weight excluding hydrogens is 364 g/mol. The molecule has 0 aliphatic heterocycles. The van der Waals surface area contributed by atoms with Gasteiger partial charge in [-0.25, -0.2) is 4.98 Å². The van der Waals surface area contributed by atoms with Crippen LogP contribution in [0, 0.1) is 6.92 Å². The van der Waals surface area contributed by atoms with Crippen LogP contribution in [-0.2, 0) is 11.2 Å². The second-order valence-electron chi connectivity index (χ2n) is 6.92. The van der Waals surface area contributed by atoms with E-state index in [4.69, 9.17) is 10.5 Å². The molecule has 1 atom stereocenters. The lowest BCUT2D eigenvalue weighted by atomic mass is 10.1. The molecule has 2 aromatic heterocycles. The summed E-state index contributed by atoms with van der Waals surface area (Å²) in [6.45, 7) is 2.01. The van der Waals surface area contributed by atoms with Gasteiger partial charge in [0, 0.05) is 18.1 Å². The summed E-state index contributed by atoms with van der Waals surface area (Å²) >= 11 is 0. The fourth-order valence-corrected chi connectivity index (χ4v) is 3.19. The maximum absolute atomic E-state index is 12.3. The summed E-state index contributed by atoms with van der Waals surface area (Å²) in [7, 11) is 0. The normalized spacial score (nSPS) is 11.9. The van der Waals surface area contributed by atoms with Gasteiger partial charge in [0.15, 0.2) is 0 Å². The number of carbonyl (C=O) groups is 1. The minimum atomic E-state index is -0.635. The zero-order valence-corrected chi connectivity index (χ0v) is 16.1. The number of amides is 1. The molecule has 29 heavy (non-hydrogen) atoms. The number of carbonyl (C=O) groups excluding carboxylic acids is 1. The Bertz CT molecular complexity index is 1120. The topological polar surface area (TPSA) is 93.0 Å². The standard InChI is InChI=1S/C23H22N4O2/c1-15-14-26-22-21(15)20(11-12-25-22)29-18-9-7-16(8-10-18)13-19(24)23(28)27-17-5-3-2-4-6-17/h2-12,14,19H,13,24H2,1H3,(H,25,26)(H,27,28)/t19-/m0/s1. The second kappa shape index (κ2) is 8.16. The van der Waals surface area contributed by atoms with E-state index in [1.165, 1.54) is 0 Å². The summed E-state index contributed by atoms with van der Waals surface area (Å²) in [5.74, 6) is 1.25. The molecule has 0 saturated heterocycles. The summed E-state index contributed by atoms with van der Waals surface area (Å²) in [4.78, 5) is 19.7. The van der Waals surface area contributed by atoms with E-state index in [9.17, 15) is 4.79 Å². The van der Waals surface area contributed by atoms with Crippen molar-refractivity contribution in [2.45, 2.75) is 19.4 Å². The Balaban J connectivity index is 1.41. The van der Waals surface area contributed by atoms with Crippen LogP contribution in [0.4, 0.5) is 5.69 Å². The van der Waals surface area contributed by atoms with Gasteiger partial charge >= 0.3 is 0 Å². The van der Waals surface area contributed by atoms with Crippen LogP contribution in [0.3, 0.4) is 0 Å². The van der Waals surface area contributed by atoms with Gasteiger partial charge in [-0.05, 0) is 54.8 Å². The Kier molecular flexibility index (Phi) is 5.27. The number of pyridine rings is 1. The number of nitrogens with two attached hydrogens (primary N) is 1. The average molecular weight is 386 g/mol. The predicted octanol–water partition coefficient (Wildman–Crippen LogP) is 4.17. The van der Waals surface area contributed by atoms with Gasteiger partial charge in [-0.2, -0.15) is 0 Å². The van der Waals surface area contributed by atoms with Crippen LogP contribution in [0.1, 0.15) is 11.1 Å². The number of aryl methyl sites for hydroxylation is 1. The molecule has 2 heterocycles. The molecule has 0 spiro atoms. The van der Waals surface area contributed by atoms with Gasteiger partial charge in [0.1, 0.15) is 17.1 Å². The summed E-state index contributed by atoms with van der Waals surface area (Å²) in [6.07, 6.45) is 4.07. The number of nitrogens with one attached hydrogen (secondary N) is 2. The van der Waals surface area contributed by atoms with Crippen LogP contribution in [0.25, 0.3) is 11.0 Å². The number of benzene rings is 2. The van der Waals surface area contributed by atoms with Crippen molar-refractivity contribution in [2.24, 2.45) is 5.73 Å². The highest BCUT2D eigenvalue weighted by molar-refractivity contribution is 5.94. The number of para-hydroxylation sites is 1. The van der Waals surface area contributed by atoms with Gasteiger partial charge in [0.25, 0.3) is 0 Å². The van der Waals surface area contributed by atoms with Gasteiger partial charge in [-0.1, -0.05) is 30.3 Å². The molecule has 6 heteroatoms. The average Bonchev–Trinajstić information content (AvgIpc) is 3.12. The third kappa shape index (κ3) is 4.28. The predicted molar refractivity (Wildman–Crippen MR) is 114 cm³/mol. The van der Waals surface area contributed by atoms with Gasteiger partial charge in [-0.15, -0.1) is 0 Å². The molecule has 0 unspecified atom stereocenters. The third-order valence-electron chi connectivity index (χ3n) is 4.72. The summed E-state index contributed by atoms with van der Waals surface area (Å²) < 4.78 is 6.05. The van der Waals surface area contributed by atoms with E-state index in [1.807, 2.05) is 73.8 Å². The van der Waals surface area contributed by atoms with Crippen molar-refractivity contribution in [3.8, 4) is 11.5 Å². The number of aromatic nitrogens is 2. The van der Waals surface area contributed by atoms with Crippen molar-refractivity contribution < 1.29 is 9.53 Å². The monoisotopic (exact) mass is 386 g/mol. The van der Waals surface area contributed by atoms with Crippen LogP contribution in [0.15, 0.2) is 73.1 Å². The first-order chi connectivity index (χ1) is 14.1. The molecule has 0 fully saturated rings. The first-order valence-corrected chi connectivity index (χ1v) is 9.41. The minimum absolute atomic E-state index is 0.210. The van der Waals surface area contributed by atoms with Gasteiger partial charge < -0.3 is 20.8 Å².